The Morgan fingerprint density at radius 2 is 1.71 bits per heavy atom. The van der Waals surface area contributed by atoms with E-state index in [0.717, 1.165) is 36.3 Å². The molecule has 1 atom stereocenters. The number of nitrogens with zero attached hydrogens (tertiary/aromatic N) is 2. The normalized spacial score (nSPS) is 12.1. The van der Waals surface area contributed by atoms with E-state index in [-0.39, 0.29) is 5.91 Å². The first-order valence-electron chi connectivity index (χ1n) is 11.9. The van der Waals surface area contributed by atoms with Gasteiger partial charge in [-0.15, -0.1) is 0 Å². The van der Waals surface area contributed by atoms with E-state index in [4.69, 9.17) is 4.74 Å². The molecule has 0 radical (unpaired) electrons. The number of unbranched alkanes of at least 4 members (excludes halogenated alkanes) is 1. The number of guanidine groups is 1. The molecule has 3 aromatic rings. The summed E-state index contributed by atoms with van der Waals surface area (Å²) in [6.07, 6.45) is 6.63. The molecule has 0 aliphatic rings. The number of ether oxygens (including phenoxy) is 1. The summed E-state index contributed by atoms with van der Waals surface area (Å²) in [6.45, 7) is 7.61. The van der Waals surface area contributed by atoms with Crippen LogP contribution in [0.25, 0.3) is 0 Å². The Morgan fingerprint density at radius 1 is 1.00 bits per heavy atom. The molecule has 1 aromatic heterocycles. The van der Waals surface area contributed by atoms with Gasteiger partial charge >= 0.3 is 0 Å². The van der Waals surface area contributed by atoms with Gasteiger partial charge in [0, 0.05) is 23.6 Å². The summed E-state index contributed by atoms with van der Waals surface area (Å²) in [4.78, 5) is 21.6. The first-order valence-corrected chi connectivity index (χ1v) is 11.9. The van der Waals surface area contributed by atoms with E-state index >= 15 is 0 Å². The van der Waals surface area contributed by atoms with Crippen molar-refractivity contribution in [3.8, 4) is 5.75 Å². The van der Waals surface area contributed by atoms with E-state index in [9.17, 15) is 4.79 Å². The maximum atomic E-state index is 12.9. The molecule has 2 N–H and O–H groups in total. The largest absolute Gasteiger partial charge is 0.494 e. The number of carbonyl (C=O) groups is 1. The van der Waals surface area contributed by atoms with Crippen LogP contribution >= 0.6 is 0 Å². The maximum Gasteiger partial charge on any atom is 0.257 e. The number of aromatic nitrogens is 1. The van der Waals surface area contributed by atoms with Gasteiger partial charge in [-0.1, -0.05) is 39.3 Å². The molecule has 6 nitrogen and oxygen atoms in total. The quantitative estimate of drug-likeness (QED) is 0.216. The van der Waals surface area contributed by atoms with Crippen LogP contribution in [0.15, 0.2) is 78.0 Å². The van der Waals surface area contributed by atoms with Gasteiger partial charge in [-0.05, 0) is 78.4 Å². The molecule has 0 aliphatic carbocycles. The lowest BCUT2D eigenvalue weighted by Gasteiger charge is -2.14. The number of benzene rings is 2. The summed E-state index contributed by atoms with van der Waals surface area (Å²) in [7, 11) is 0. The molecule has 2 aromatic carbocycles. The SMILES string of the molecule is CCCCOc1ccc(C(=O)NC(=NCc2ccncc2)Nc2ccc(C(C)CC)cc2)cc1. The fourth-order valence-corrected chi connectivity index (χ4v) is 3.25. The molecular formula is C28H34N4O2. The predicted octanol–water partition coefficient (Wildman–Crippen LogP) is 6.17. The molecule has 178 valence electrons. The fourth-order valence-electron chi connectivity index (χ4n) is 3.25. The van der Waals surface area contributed by atoms with E-state index in [1.54, 1.807) is 24.5 Å². The van der Waals surface area contributed by atoms with Gasteiger partial charge < -0.3 is 10.1 Å². The highest BCUT2D eigenvalue weighted by atomic mass is 16.5. The first kappa shape index (κ1) is 25.0. The lowest BCUT2D eigenvalue weighted by molar-refractivity contribution is 0.0977. The van der Waals surface area contributed by atoms with E-state index < -0.39 is 0 Å². The number of anilines is 1. The van der Waals surface area contributed by atoms with Gasteiger partial charge in [0.1, 0.15) is 5.75 Å². The van der Waals surface area contributed by atoms with Gasteiger partial charge in [0.15, 0.2) is 0 Å². The van der Waals surface area contributed by atoms with Gasteiger partial charge in [-0.3, -0.25) is 15.1 Å². The zero-order chi connectivity index (χ0) is 24.2. The van der Waals surface area contributed by atoms with Crippen LogP contribution in [0, 0.1) is 0 Å². The Labute approximate surface area is 202 Å². The average molecular weight is 459 g/mol. The number of hydrogen-bond donors (Lipinski definition) is 2. The van der Waals surface area contributed by atoms with Gasteiger partial charge in [0.2, 0.25) is 5.96 Å². The van der Waals surface area contributed by atoms with E-state index in [1.807, 2.05) is 36.4 Å². The topological polar surface area (TPSA) is 75.6 Å². The molecule has 1 unspecified atom stereocenters. The lowest BCUT2D eigenvalue weighted by Crippen LogP contribution is -2.36. The van der Waals surface area contributed by atoms with Gasteiger partial charge in [0.05, 0.1) is 13.2 Å². The molecule has 6 heteroatoms. The first-order chi connectivity index (χ1) is 16.6. The summed E-state index contributed by atoms with van der Waals surface area (Å²) in [6, 6.07) is 19.2. The highest BCUT2D eigenvalue weighted by molar-refractivity contribution is 6.10. The lowest BCUT2D eigenvalue weighted by atomic mass is 9.99. The van der Waals surface area contributed by atoms with Crippen molar-refractivity contribution in [3.63, 3.8) is 0 Å². The Balaban J connectivity index is 1.72. The van der Waals surface area contributed by atoms with Crippen molar-refractivity contribution < 1.29 is 9.53 Å². The number of amides is 1. The highest BCUT2D eigenvalue weighted by Crippen LogP contribution is 2.20. The van der Waals surface area contributed by atoms with E-state index in [0.29, 0.717) is 30.6 Å². The van der Waals surface area contributed by atoms with Crippen molar-refractivity contribution in [1.82, 2.24) is 10.3 Å². The van der Waals surface area contributed by atoms with Crippen molar-refractivity contribution in [2.75, 3.05) is 11.9 Å². The van der Waals surface area contributed by atoms with Crippen molar-refractivity contribution in [1.29, 1.82) is 0 Å². The molecule has 0 fully saturated rings. The van der Waals surface area contributed by atoms with Crippen LogP contribution in [0.1, 0.15) is 67.4 Å². The van der Waals surface area contributed by atoms with Gasteiger partial charge in [-0.2, -0.15) is 0 Å². The zero-order valence-corrected chi connectivity index (χ0v) is 20.3. The Kier molecular flexibility index (Phi) is 9.65. The molecule has 1 heterocycles. The summed E-state index contributed by atoms with van der Waals surface area (Å²) in [5, 5.41) is 6.17. The fraction of sp³-hybridized carbons (Fsp3) is 0.321. The van der Waals surface area contributed by atoms with E-state index in [2.05, 4.69) is 53.5 Å². The minimum absolute atomic E-state index is 0.239. The van der Waals surface area contributed by atoms with Crippen LogP contribution in [0.2, 0.25) is 0 Å². The van der Waals surface area contributed by atoms with Crippen molar-refractivity contribution in [2.45, 2.75) is 52.5 Å². The summed E-state index contributed by atoms with van der Waals surface area (Å²) in [5.41, 5.74) is 3.69. The molecule has 0 saturated heterocycles. The number of carbonyl (C=O) groups excluding carboxylic acids is 1. The zero-order valence-electron chi connectivity index (χ0n) is 20.3. The Morgan fingerprint density at radius 3 is 2.35 bits per heavy atom. The second-order valence-corrected chi connectivity index (χ2v) is 8.26. The number of pyridine rings is 1. The van der Waals surface area contributed by atoms with Crippen LogP contribution in [0.3, 0.4) is 0 Å². The van der Waals surface area contributed by atoms with E-state index in [1.165, 1.54) is 5.56 Å². The molecular weight excluding hydrogens is 424 g/mol. The van der Waals surface area contributed by atoms with Crippen molar-refractivity contribution in [2.24, 2.45) is 4.99 Å². The second-order valence-electron chi connectivity index (χ2n) is 8.26. The highest BCUT2D eigenvalue weighted by Gasteiger charge is 2.11. The third-order valence-electron chi connectivity index (χ3n) is 5.64. The number of hydrogen-bond acceptors (Lipinski definition) is 4. The molecule has 0 aliphatic heterocycles. The van der Waals surface area contributed by atoms with Crippen LogP contribution in [0.5, 0.6) is 5.75 Å². The van der Waals surface area contributed by atoms with Crippen molar-refractivity contribution in [3.05, 3.63) is 89.7 Å². The third-order valence-corrected chi connectivity index (χ3v) is 5.64. The number of rotatable bonds is 10. The van der Waals surface area contributed by atoms with Gasteiger partial charge in [0.25, 0.3) is 5.91 Å². The average Bonchev–Trinajstić information content (AvgIpc) is 2.88. The molecule has 3 rings (SSSR count). The van der Waals surface area contributed by atoms with Crippen LogP contribution in [-0.2, 0) is 6.54 Å². The minimum Gasteiger partial charge on any atom is -0.494 e. The molecule has 1 amide bonds. The smallest absolute Gasteiger partial charge is 0.257 e. The number of nitrogens with one attached hydrogen (secondary N) is 2. The molecule has 34 heavy (non-hydrogen) atoms. The minimum atomic E-state index is -0.239. The monoisotopic (exact) mass is 458 g/mol. The summed E-state index contributed by atoms with van der Waals surface area (Å²) >= 11 is 0. The maximum absolute atomic E-state index is 12.9. The Hall–Kier alpha value is -3.67. The molecule has 0 spiro atoms. The van der Waals surface area contributed by atoms with Crippen LogP contribution in [-0.4, -0.2) is 23.5 Å². The van der Waals surface area contributed by atoms with Crippen LogP contribution in [0.4, 0.5) is 5.69 Å². The second kappa shape index (κ2) is 13.1. The molecule has 0 saturated carbocycles. The predicted molar refractivity (Wildman–Crippen MR) is 138 cm³/mol. The standard InChI is InChI=1S/C28H34N4O2/c1-4-6-19-34-26-13-9-24(10-14-26)27(33)32-28(30-20-22-15-17-29-18-16-22)31-25-11-7-23(8-12-25)21(3)5-2/h7-18,21H,4-6,19-20H2,1-3H3,(H2,30,31,32,33). The van der Waals surface area contributed by atoms with Crippen LogP contribution < -0.4 is 15.4 Å². The van der Waals surface area contributed by atoms with Gasteiger partial charge in [-0.25, -0.2) is 4.99 Å². The summed E-state index contributed by atoms with van der Waals surface area (Å²) in [5.74, 6) is 1.41. The third kappa shape index (κ3) is 7.73. The number of aliphatic imine (C=N–C) groups is 1. The molecule has 0 bridgehead atoms. The summed E-state index contributed by atoms with van der Waals surface area (Å²) < 4.78 is 5.69. The van der Waals surface area contributed by atoms with Crippen molar-refractivity contribution >= 4 is 17.6 Å². The Bertz CT molecular complexity index is 1050.